The molecular formula is C17H20N4O2. The number of benzene rings is 1. The molecule has 1 N–H and O–H groups in total. The quantitative estimate of drug-likeness (QED) is 0.935. The Morgan fingerprint density at radius 1 is 1.35 bits per heavy atom. The number of nitrogens with zero attached hydrogens (tertiary/aromatic N) is 3. The normalized spacial score (nSPS) is 17.3. The van der Waals surface area contributed by atoms with Crippen LogP contribution in [0, 0.1) is 5.92 Å². The van der Waals surface area contributed by atoms with Crippen molar-refractivity contribution in [3.63, 3.8) is 0 Å². The van der Waals surface area contributed by atoms with Gasteiger partial charge in [-0.05, 0) is 30.2 Å². The van der Waals surface area contributed by atoms with Gasteiger partial charge in [-0.3, -0.25) is 14.3 Å². The van der Waals surface area contributed by atoms with Gasteiger partial charge in [0.2, 0.25) is 11.8 Å². The van der Waals surface area contributed by atoms with E-state index in [0.29, 0.717) is 19.6 Å². The van der Waals surface area contributed by atoms with Gasteiger partial charge >= 0.3 is 0 Å². The van der Waals surface area contributed by atoms with Crippen LogP contribution in [0.1, 0.15) is 18.9 Å². The predicted octanol–water partition coefficient (Wildman–Crippen LogP) is 1.74. The first-order chi connectivity index (χ1) is 11.1. The van der Waals surface area contributed by atoms with E-state index in [9.17, 15) is 9.59 Å². The maximum Gasteiger partial charge on any atom is 0.229 e. The average Bonchev–Trinajstić information content (AvgIpc) is 3.18. The highest BCUT2D eigenvalue weighted by atomic mass is 16.2. The molecule has 1 fully saturated rings. The fourth-order valence-corrected chi connectivity index (χ4v) is 2.83. The first kappa shape index (κ1) is 15.3. The number of aromatic nitrogens is 2. The van der Waals surface area contributed by atoms with Crippen LogP contribution >= 0.6 is 0 Å². The zero-order chi connectivity index (χ0) is 16.2. The third-order valence-corrected chi connectivity index (χ3v) is 4.10. The molecule has 1 aromatic heterocycles. The molecule has 0 spiro atoms. The van der Waals surface area contributed by atoms with Crippen molar-refractivity contribution in [1.82, 2.24) is 14.7 Å². The minimum atomic E-state index is -0.131. The van der Waals surface area contributed by atoms with Crippen molar-refractivity contribution >= 4 is 17.5 Å². The topological polar surface area (TPSA) is 67.2 Å². The first-order valence-electron chi connectivity index (χ1n) is 7.74. The maximum absolute atomic E-state index is 12.3. The zero-order valence-corrected chi connectivity index (χ0v) is 13.1. The summed E-state index contributed by atoms with van der Waals surface area (Å²) in [6, 6.07) is 9.64. The molecule has 6 heteroatoms. The van der Waals surface area contributed by atoms with Gasteiger partial charge in [0.05, 0.1) is 12.5 Å². The number of amides is 2. The van der Waals surface area contributed by atoms with Crippen LogP contribution in [0.5, 0.6) is 0 Å². The van der Waals surface area contributed by atoms with Crippen molar-refractivity contribution in [3.05, 3.63) is 48.3 Å². The van der Waals surface area contributed by atoms with Gasteiger partial charge in [-0.1, -0.05) is 12.1 Å². The van der Waals surface area contributed by atoms with Crippen LogP contribution in [0.3, 0.4) is 0 Å². The number of rotatable bonds is 4. The van der Waals surface area contributed by atoms with E-state index in [2.05, 4.69) is 10.4 Å². The zero-order valence-electron chi connectivity index (χ0n) is 13.1. The summed E-state index contributed by atoms with van der Waals surface area (Å²) in [6.45, 7) is 3.37. The van der Waals surface area contributed by atoms with Crippen LogP contribution in [-0.2, 0) is 16.1 Å². The van der Waals surface area contributed by atoms with Crippen LogP contribution in [0.15, 0.2) is 42.7 Å². The summed E-state index contributed by atoms with van der Waals surface area (Å²) in [5.41, 5.74) is 1.85. The maximum atomic E-state index is 12.3. The highest BCUT2D eigenvalue weighted by Gasteiger charge is 2.29. The number of anilines is 1. The highest BCUT2D eigenvalue weighted by Crippen LogP contribution is 2.19. The molecule has 1 aromatic carbocycles. The number of nitrogens with one attached hydrogen (secondary N) is 1. The van der Waals surface area contributed by atoms with E-state index in [4.69, 9.17) is 0 Å². The third-order valence-electron chi connectivity index (χ3n) is 4.10. The molecule has 1 aliphatic heterocycles. The Bertz CT molecular complexity index is 696. The Kier molecular flexibility index (Phi) is 4.41. The summed E-state index contributed by atoms with van der Waals surface area (Å²) in [7, 11) is 0. The van der Waals surface area contributed by atoms with Gasteiger partial charge in [-0.2, -0.15) is 5.10 Å². The van der Waals surface area contributed by atoms with Gasteiger partial charge in [0.1, 0.15) is 0 Å². The summed E-state index contributed by atoms with van der Waals surface area (Å²) in [5, 5.41) is 7.14. The lowest BCUT2D eigenvalue weighted by Gasteiger charge is -2.14. The molecule has 1 atom stereocenters. The molecule has 23 heavy (non-hydrogen) atoms. The van der Waals surface area contributed by atoms with E-state index in [1.165, 1.54) is 0 Å². The molecule has 120 valence electrons. The molecular weight excluding hydrogens is 292 g/mol. The largest absolute Gasteiger partial charge is 0.342 e. The lowest BCUT2D eigenvalue weighted by molar-refractivity contribution is -0.128. The van der Waals surface area contributed by atoms with E-state index in [-0.39, 0.29) is 17.7 Å². The van der Waals surface area contributed by atoms with Crippen LogP contribution in [0.4, 0.5) is 5.69 Å². The van der Waals surface area contributed by atoms with E-state index >= 15 is 0 Å². The monoisotopic (exact) mass is 312 g/mol. The van der Waals surface area contributed by atoms with Crippen molar-refractivity contribution in [1.29, 1.82) is 0 Å². The van der Waals surface area contributed by atoms with Gasteiger partial charge in [-0.25, -0.2) is 0 Å². The Morgan fingerprint density at radius 3 is 2.91 bits per heavy atom. The Morgan fingerprint density at radius 2 is 2.22 bits per heavy atom. The Labute approximate surface area is 135 Å². The lowest BCUT2D eigenvalue weighted by atomic mass is 10.1. The smallest absolute Gasteiger partial charge is 0.229 e. The Balaban J connectivity index is 1.61. The lowest BCUT2D eigenvalue weighted by Crippen LogP contribution is -2.29. The van der Waals surface area contributed by atoms with E-state index in [1.54, 1.807) is 18.0 Å². The second-order valence-corrected chi connectivity index (χ2v) is 5.84. The molecule has 6 nitrogen and oxygen atoms in total. The summed E-state index contributed by atoms with van der Waals surface area (Å²) >= 11 is 0. The molecule has 2 aromatic rings. The minimum absolute atomic E-state index is 0.0232. The number of hydrogen-bond donors (Lipinski definition) is 1. The van der Waals surface area contributed by atoms with Crippen molar-refractivity contribution in [2.45, 2.75) is 19.9 Å². The molecule has 0 aliphatic carbocycles. The third kappa shape index (κ3) is 3.77. The number of likely N-dealkylation sites (tertiary alicyclic amines) is 1. The fraction of sp³-hybridized carbons (Fsp3) is 0.353. The number of carbonyl (C=O) groups excluding carboxylic acids is 2. The summed E-state index contributed by atoms with van der Waals surface area (Å²) < 4.78 is 1.84. The van der Waals surface area contributed by atoms with Crippen LogP contribution in [0.2, 0.25) is 0 Å². The molecule has 0 radical (unpaired) electrons. The summed E-state index contributed by atoms with van der Waals surface area (Å²) in [5.74, 6) is -0.125. The molecule has 2 heterocycles. The van der Waals surface area contributed by atoms with Crippen LogP contribution < -0.4 is 5.32 Å². The molecule has 0 saturated carbocycles. The fourth-order valence-electron chi connectivity index (χ4n) is 2.83. The number of hydrogen-bond acceptors (Lipinski definition) is 3. The van der Waals surface area contributed by atoms with Crippen molar-refractivity contribution in [2.75, 3.05) is 18.4 Å². The summed E-state index contributed by atoms with van der Waals surface area (Å²) in [4.78, 5) is 25.4. The van der Waals surface area contributed by atoms with Gasteiger partial charge in [0.15, 0.2) is 0 Å². The summed E-state index contributed by atoms with van der Waals surface area (Å²) in [6.07, 6.45) is 4.37. The first-order valence-corrected chi connectivity index (χ1v) is 7.74. The SMILES string of the molecule is CC(=O)N1CC[C@H](C(=O)Nc2cccc(Cn3cccn3)c2)C1. The van der Waals surface area contributed by atoms with Gasteiger partial charge in [0, 0.05) is 38.1 Å². The van der Waals surface area contributed by atoms with Crippen molar-refractivity contribution in [2.24, 2.45) is 5.92 Å². The average molecular weight is 312 g/mol. The predicted molar refractivity (Wildman–Crippen MR) is 86.8 cm³/mol. The van der Waals surface area contributed by atoms with Crippen LogP contribution in [0.25, 0.3) is 0 Å². The molecule has 2 amide bonds. The standard InChI is InChI=1S/C17H20N4O2/c1-13(22)20-9-6-15(12-20)17(23)19-16-5-2-4-14(10-16)11-21-8-3-7-18-21/h2-5,7-8,10,15H,6,9,11-12H2,1H3,(H,19,23)/t15-/m0/s1. The van der Waals surface area contributed by atoms with Gasteiger partial charge < -0.3 is 10.2 Å². The van der Waals surface area contributed by atoms with E-state index in [1.807, 2.05) is 41.2 Å². The van der Waals surface area contributed by atoms with Crippen LogP contribution in [-0.4, -0.2) is 39.6 Å². The van der Waals surface area contributed by atoms with Crippen molar-refractivity contribution in [3.8, 4) is 0 Å². The molecule has 1 aliphatic rings. The number of carbonyl (C=O) groups is 2. The minimum Gasteiger partial charge on any atom is -0.342 e. The van der Waals surface area contributed by atoms with E-state index in [0.717, 1.165) is 17.7 Å². The van der Waals surface area contributed by atoms with Gasteiger partial charge in [0.25, 0.3) is 0 Å². The Hall–Kier alpha value is -2.63. The second kappa shape index (κ2) is 6.64. The molecule has 1 saturated heterocycles. The van der Waals surface area contributed by atoms with Crippen molar-refractivity contribution < 1.29 is 9.59 Å². The van der Waals surface area contributed by atoms with E-state index < -0.39 is 0 Å². The van der Waals surface area contributed by atoms with Gasteiger partial charge in [-0.15, -0.1) is 0 Å². The molecule has 0 bridgehead atoms. The highest BCUT2D eigenvalue weighted by molar-refractivity contribution is 5.93. The molecule has 3 rings (SSSR count). The molecule has 0 unspecified atom stereocenters. The second-order valence-electron chi connectivity index (χ2n) is 5.84.